The molecule has 0 radical (unpaired) electrons. The monoisotopic (exact) mass is 668 g/mol. The van der Waals surface area contributed by atoms with Crippen LogP contribution in [0, 0.1) is 15.4 Å². The molecule has 0 unspecified atom stereocenters. The molecule has 216 valence electrons. The van der Waals surface area contributed by atoms with E-state index in [9.17, 15) is 19.8 Å². The number of ether oxygens (including phenoxy) is 1. The van der Waals surface area contributed by atoms with Crippen molar-refractivity contribution in [3.8, 4) is 0 Å². The van der Waals surface area contributed by atoms with Crippen molar-refractivity contribution in [3.63, 3.8) is 0 Å². The number of amides is 2. The van der Waals surface area contributed by atoms with Crippen LogP contribution >= 0.6 is 22.6 Å². The van der Waals surface area contributed by atoms with Gasteiger partial charge in [0.05, 0.1) is 37.0 Å². The van der Waals surface area contributed by atoms with E-state index >= 15 is 0 Å². The van der Waals surface area contributed by atoms with Crippen molar-refractivity contribution in [1.29, 1.82) is 0 Å². The van der Waals surface area contributed by atoms with E-state index in [2.05, 4.69) is 22.6 Å². The molecule has 4 atom stereocenters. The fourth-order valence-corrected chi connectivity index (χ4v) is 7.18. The minimum absolute atomic E-state index is 0.0151. The minimum atomic E-state index is -1.33. The van der Waals surface area contributed by atoms with Gasteiger partial charge in [-0.25, -0.2) is 0 Å². The Kier molecular flexibility index (Phi) is 8.57. The Morgan fingerprint density at radius 2 is 1.68 bits per heavy atom. The second-order valence-electron chi connectivity index (χ2n) is 11.6. The average Bonchev–Trinajstić information content (AvgIpc) is 3.36. The number of anilines is 1. The Labute approximate surface area is 255 Å². The van der Waals surface area contributed by atoms with Crippen LogP contribution in [0.15, 0.2) is 78.9 Å². The minimum Gasteiger partial charge on any atom is -0.395 e. The van der Waals surface area contributed by atoms with Crippen molar-refractivity contribution in [2.24, 2.45) is 11.8 Å². The zero-order chi connectivity index (χ0) is 29.4. The Hall–Kier alpha value is -2.79. The van der Waals surface area contributed by atoms with Crippen LogP contribution in [0.4, 0.5) is 5.69 Å². The summed E-state index contributed by atoms with van der Waals surface area (Å²) in [7, 11) is 0. The molecule has 2 amide bonds. The molecule has 7 nitrogen and oxygen atoms in total. The van der Waals surface area contributed by atoms with Gasteiger partial charge >= 0.3 is 0 Å². The molecule has 1 saturated heterocycles. The predicted octanol–water partition coefficient (Wildman–Crippen LogP) is 4.87. The molecule has 5 rings (SSSR count). The molecular weight excluding hydrogens is 631 g/mol. The number of hydrogen-bond donors (Lipinski definition) is 2. The van der Waals surface area contributed by atoms with Crippen molar-refractivity contribution in [3.05, 3.63) is 99.1 Å². The van der Waals surface area contributed by atoms with Crippen LogP contribution in [-0.4, -0.2) is 51.8 Å². The SMILES string of the molecule is C[C@H]1[C@H](C(C)(C)O)[C@@H](CC(=O)N(CCO)Cc2ccccc2)O[C@]12C(=O)N(Cc1ccccc1)c1ccc(I)cc12. The fraction of sp³-hybridized carbons (Fsp3) is 0.394. The number of benzene rings is 3. The Morgan fingerprint density at radius 3 is 2.29 bits per heavy atom. The van der Waals surface area contributed by atoms with E-state index in [1.54, 1.807) is 23.6 Å². The van der Waals surface area contributed by atoms with Crippen molar-refractivity contribution in [1.82, 2.24) is 4.90 Å². The molecule has 2 aliphatic heterocycles. The Bertz CT molecular complexity index is 1390. The summed E-state index contributed by atoms with van der Waals surface area (Å²) in [5.41, 5.74) is 0.972. The highest BCUT2D eigenvalue weighted by Crippen LogP contribution is 2.58. The molecule has 1 spiro atoms. The molecule has 0 bridgehead atoms. The molecule has 3 aromatic rings. The third-order valence-electron chi connectivity index (χ3n) is 8.44. The number of fused-ring (bicyclic) bond motifs is 2. The molecule has 2 N–H and O–H groups in total. The Balaban J connectivity index is 1.50. The highest BCUT2D eigenvalue weighted by Gasteiger charge is 2.66. The van der Waals surface area contributed by atoms with E-state index < -0.39 is 29.1 Å². The number of carbonyl (C=O) groups excluding carboxylic acids is 2. The van der Waals surface area contributed by atoms with Crippen LogP contribution in [0.3, 0.4) is 0 Å². The van der Waals surface area contributed by atoms with E-state index in [0.717, 1.165) is 25.9 Å². The molecule has 0 aliphatic carbocycles. The molecule has 2 heterocycles. The quantitative estimate of drug-likeness (QED) is 0.318. The van der Waals surface area contributed by atoms with Gasteiger partial charge in [0.15, 0.2) is 5.60 Å². The van der Waals surface area contributed by atoms with Gasteiger partial charge in [-0.1, -0.05) is 67.6 Å². The van der Waals surface area contributed by atoms with Crippen molar-refractivity contribution >= 4 is 40.1 Å². The lowest BCUT2D eigenvalue weighted by molar-refractivity contribution is -0.150. The summed E-state index contributed by atoms with van der Waals surface area (Å²) < 4.78 is 7.78. The van der Waals surface area contributed by atoms with E-state index in [4.69, 9.17) is 4.74 Å². The van der Waals surface area contributed by atoms with Crippen LogP contribution in [0.2, 0.25) is 0 Å². The second-order valence-corrected chi connectivity index (χ2v) is 12.9. The van der Waals surface area contributed by atoms with E-state index in [-0.39, 0.29) is 31.4 Å². The lowest BCUT2D eigenvalue weighted by Gasteiger charge is -2.34. The van der Waals surface area contributed by atoms with Crippen molar-refractivity contribution in [2.45, 2.75) is 57.6 Å². The van der Waals surface area contributed by atoms with Gasteiger partial charge in [0.1, 0.15) is 0 Å². The van der Waals surface area contributed by atoms with Crippen LogP contribution < -0.4 is 4.90 Å². The van der Waals surface area contributed by atoms with E-state index in [1.165, 1.54) is 0 Å². The summed E-state index contributed by atoms with van der Waals surface area (Å²) >= 11 is 2.24. The molecule has 1 fully saturated rings. The van der Waals surface area contributed by atoms with E-state index in [1.807, 2.05) is 85.8 Å². The number of carbonyl (C=O) groups is 2. The van der Waals surface area contributed by atoms with Gasteiger partial charge in [-0.05, 0) is 65.8 Å². The van der Waals surface area contributed by atoms with Gasteiger partial charge in [-0.15, -0.1) is 0 Å². The first-order valence-electron chi connectivity index (χ1n) is 14.0. The summed E-state index contributed by atoms with van der Waals surface area (Å²) in [6.45, 7) is 6.16. The summed E-state index contributed by atoms with van der Waals surface area (Å²) in [6, 6.07) is 25.4. The average molecular weight is 669 g/mol. The third-order valence-corrected chi connectivity index (χ3v) is 9.12. The Morgan fingerprint density at radius 1 is 1.05 bits per heavy atom. The number of hydrogen-bond acceptors (Lipinski definition) is 5. The van der Waals surface area contributed by atoms with Gasteiger partial charge < -0.3 is 24.7 Å². The largest absolute Gasteiger partial charge is 0.395 e. The standard InChI is InChI=1S/C33H37IN2O5/c1-22-30(32(2,3)40)28(19-29(38)35(16-17-37)20-23-10-6-4-7-11-23)41-33(22)26-18-25(34)14-15-27(26)36(31(33)39)21-24-12-8-5-9-13-24/h4-15,18,22,28,30,37,40H,16-17,19-21H2,1-3H3/t22-,28+,30-,33+/m0/s1. The molecule has 2 aliphatic rings. The third kappa shape index (κ3) is 5.67. The van der Waals surface area contributed by atoms with E-state index in [0.29, 0.717) is 13.1 Å². The molecule has 41 heavy (non-hydrogen) atoms. The molecule has 8 heteroatoms. The maximum Gasteiger partial charge on any atom is 0.264 e. The summed E-state index contributed by atoms with van der Waals surface area (Å²) in [4.78, 5) is 31.6. The van der Waals surface area contributed by atoms with Crippen molar-refractivity contribution < 1.29 is 24.5 Å². The molecular formula is C33H37IN2O5. The number of nitrogens with zero attached hydrogens (tertiary/aromatic N) is 2. The number of rotatable bonds is 9. The van der Waals surface area contributed by atoms with Crippen LogP contribution in [-0.2, 0) is 33.0 Å². The lowest BCUT2D eigenvalue weighted by atomic mass is 9.71. The fourth-order valence-electron chi connectivity index (χ4n) is 6.69. The predicted molar refractivity (Wildman–Crippen MR) is 166 cm³/mol. The first kappa shape index (κ1) is 29.7. The first-order valence-corrected chi connectivity index (χ1v) is 15.1. The summed E-state index contributed by atoms with van der Waals surface area (Å²) in [5.74, 6) is -1.27. The smallest absolute Gasteiger partial charge is 0.264 e. The lowest BCUT2D eigenvalue weighted by Crippen LogP contribution is -2.46. The zero-order valence-electron chi connectivity index (χ0n) is 23.7. The summed E-state index contributed by atoms with van der Waals surface area (Å²) in [5, 5.41) is 21.1. The first-order chi connectivity index (χ1) is 19.6. The highest BCUT2D eigenvalue weighted by molar-refractivity contribution is 14.1. The highest BCUT2D eigenvalue weighted by atomic mass is 127. The van der Waals surface area contributed by atoms with Gasteiger partial charge in [0, 0.05) is 34.1 Å². The maximum absolute atomic E-state index is 14.5. The van der Waals surface area contributed by atoms with Crippen LogP contribution in [0.5, 0.6) is 0 Å². The summed E-state index contributed by atoms with van der Waals surface area (Å²) in [6.07, 6.45) is -0.723. The zero-order valence-corrected chi connectivity index (χ0v) is 25.8. The van der Waals surface area contributed by atoms with Crippen molar-refractivity contribution in [2.75, 3.05) is 18.1 Å². The number of halogens is 1. The van der Waals surface area contributed by atoms with Gasteiger partial charge in [0.2, 0.25) is 5.91 Å². The van der Waals surface area contributed by atoms with Gasteiger partial charge in [-0.2, -0.15) is 0 Å². The molecule has 3 aromatic carbocycles. The normalized spacial score (nSPS) is 23.7. The maximum atomic E-state index is 14.5. The topological polar surface area (TPSA) is 90.3 Å². The van der Waals surface area contributed by atoms with Crippen LogP contribution in [0.25, 0.3) is 0 Å². The number of aliphatic hydroxyl groups excluding tert-OH is 1. The number of aliphatic hydroxyl groups is 2. The second kappa shape index (κ2) is 11.8. The molecule has 0 aromatic heterocycles. The van der Waals surface area contributed by atoms with Gasteiger partial charge in [-0.3, -0.25) is 9.59 Å². The van der Waals surface area contributed by atoms with Gasteiger partial charge in [0.25, 0.3) is 5.91 Å². The molecule has 0 saturated carbocycles. The van der Waals surface area contributed by atoms with Crippen LogP contribution in [0.1, 0.15) is 43.9 Å².